The summed E-state index contributed by atoms with van der Waals surface area (Å²) in [4.78, 5) is 0. The molecule has 1 aliphatic rings. The molecule has 0 amide bonds. The van der Waals surface area contributed by atoms with Gasteiger partial charge in [-0.3, -0.25) is 0 Å². The molecule has 0 spiro atoms. The fraction of sp³-hybridized carbons (Fsp3) is 0.188. The molecule has 3 rings (SSSR count). The van der Waals surface area contributed by atoms with Gasteiger partial charge in [0.1, 0.15) is 23.7 Å². The van der Waals surface area contributed by atoms with Crippen LogP contribution < -0.4 is 4.74 Å². The van der Waals surface area contributed by atoms with Crippen LogP contribution in [0.25, 0.3) is 0 Å². The normalized spacial score (nSPS) is 16.7. The molecule has 0 unspecified atom stereocenters. The predicted octanol–water partition coefficient (Wildman–Crippen LogP) is 3.76. The minimum absolute atomic E-state index is 0.0245. The molecule has 19 heavy (non-hydrogen) atoms. The molecular weight excluding hydrogens is 241 g/mol. The summed E-state index contributed by atoms with van der Waals surface area (Å²) in [6.45, 7) is 0. The summed E-state index contributed by atoms with van der Waals surface area (Å²) >= 11 is 0. The highest BCUT2D eigenvalue weighted by atomic mass is 19.1. The Bertz CT molecular complexity index is 660. The lowest BCUT2D eigenvalue weighted by Gasteiger charge is -2.15. The van der Waals surface area contributed by atoms with Crippen molar-refractivity contribution < 1.29 is 9.13 Å². The number of fused-ring (bicyclic) bond motifs is 1. The van der Waals surface area contributed by atoms with Crippen LogP contribution in [0, 0.1) is 17.1 Å². The summed E-state index contributed by atoms with van der Waals surface area (Å²) in [5.41, 5.74) is 2.51. The van der Waals surface area contributed by atoms with Gasteiger partial charge in [-0.15, -0.1) is 0 Å². The first kappa shape index (κ1) is 11.7. The Balaban J connectivity index is 1.84. The molecule has 0 radical (unpaired) electrons. The van der Waals surface area contributed by atoms with E-state index in [1.54, 1.807) is 12.1 Å². The first-order chi connectivity index (χ1) is 9.28. The summed E-state index contributed by atoms with van der Waals surface area (Å²) in [7, 11) is 0. The molecule has 0 bridgehead atoms. The minimum Gasteiger partial charge on any atom is -0.486 e. The number of halogens is 1. The summed E-state index contributed by atoms with van der Waals surface area (Å²) < 4.78 is 19.4. The molecule has 0 heterocycles. The van der Waals surface area contributed by atoms with Gasteiger partial charge in [-0.1, -0.05) is 24.3 Å². The van der Waals surface area contributed by atoms with Gasteiger partial charge in [-0.2, -0.15) is 5.26 Å². The van der Waals surface area contributed by atoms with E-state index in [1.807, 2.05) is 18.2 Å². The van der Waals surface area contributed by atoms with Crippen LogP contribution in [0.15, 0.2) is 42.5 Å². The van der Waals surface area contributed by atoms with Gasteiger partial charge >= 0.3 is 0 Å². The highest BCUT2D eigenvalue weighted by molar-refractivity contribution is 5.38. The second kappa shape index (κ2) is 4.74. The molecule has 0 aliphatic heterocycles. The van der Waals surface area contributed by atoms with Crippen LogP contribution >= 0.6 is 0 Å². The molecule has 0 saturated heterocycles. The summed E-state index contributed by atoms with van der Waals surface area (Å²) in [5.74, 6) is -0.0653. The largest absolute Gasteiger partial charge is 0.486 e. The lowest BCUT2D eigenvalue weighted by atomic mass is 10.1. The van der Waals surface area contributed by atoms with Crippen LogP contribution in [0.3, 0.4) is 0 Å². The van der Waals surface area contributed by atoms with Crippen molar-refractivity contribution in [1.82, 2.24) is 0 Å². The third kappa shape index (κ3) is 2.17. The van der Waals surface area contributed by atoms with Crippen molar-refractivity contribution in [1.29, 1.82) is 5.26 Å². The van der Waals surface area contributed by atoms with Crippen molar-refractivity contribution in [2.75, 3.05) is 0 Å². The first-order valence-corrected chi connectivity index (χ1v) is 6.22. The summed E-state index contributed by atoms with van der Waals surface area (Å²) in [6, 6.07) is 14.3. The smallest absolute Gasteiger partial charge is 0.144 e. The van der Waals surface area contributed by atoms with Gasteiger partial charge in [0.2, 0.25) is 0 Å². The fourth-order valence-corrected chi connectivity index (χ4v) is 2.46. The van der Waals surface area contributed by atoms with Crippen molar-refractivity contribution in [3.05, 3.63) is 65.0 Å². The Kier molecular flexibility index (Phi) is 2.92. The average molecular weight is 253 g/mol. The first-order valence-electron chi connectivity index (χ1n) is 6.22. The standard InChI is InChI=1S/C16H12FNO/c17-15-9-13(7-5-12(15)10-18)19-16-8-6-11-3-1-2-4-14(11)16/h1-5,7,9,16H,6,8H2/t16-/m0/s1. The Morgan fingerprint density at radius 2 is 2.05 bits per heavy atom. The number of ether oxygens (including phenoxy) is 1. The van der Waals surface area contributed by atoms with E-state index >= 15 is 0 Å². The SMILES string of the molecule is N#Cc1ccc(O[C@H]2CCc3ccccc32)cc1F. The van der Waals surface area contributed by atoms with E-state index in [2.05, 4.69) is 6.07 Å². The highest BCUT2D eigenvalue weighted by Gasteiger charge is 2.23. The fourth-order valence-electron chi connectivity index (χ4n) is 2.46. The number of hydrogen-bond acceptors (Lipinski definition) is 2. The second-order valence-corrected chi connectivity index (χ2v) is 4.60. The molecule has 94 valence electrons. The van der Waals surface area contributed by atoms with Crippen LogP contribution in [-0.2, 0) is 6.42 Å². The van der Waals surface area contributed by atoms with Crippen LogP contribution in [0.1, 0.15) is 29.2 Å². The van der Waals surface area contributed by atoms with Crippen molar-refractivity contribution in [3.63, 3.8) is 0 Å². The molecule has 1 atom stereocenters. The molecule has 2 aromatic carbocycles. The number of nitrogens with zero attached hydrogens (tertiary/aromatic N) is 1. The van der Waals surface area contributed by atoms with Crippen LogP contribution in [0.5, 0.6) is 5.75 Å². The van der Waals surface area contributed by atoms with Gasteiger partial charge in [0, 0.05) is 6.07 Å². The Hall–Kier alpha value is -2.34. The molecule has 0 aromatic heterocycles. The summed E-state index contributed by atoms with van der Waals surface area (Å²) in [6.07, 6.45) is 1.86. The van der Waals surface area contributed by atoms with Gasteiger partial charge < -0.3 is 4.74 Å². The lowest BCUT2D eigenvalue weighted by molar-refractivity contribution is 0.207. The Morgan fingerprint density at radius 3 is 2.84 bits per heavy atom. The minimum atomic E-state index is -0.536. The van der Waals surface area contributed by atoms with E-state index in [9.17, 15) is 4.39 Å². The van der Waals surface area contributed by atoms with E-state index < -0.39 is 5.82 Å². The molecule has 0 N–H and O–H groups in total. The molecule has 1 aliphatic carbocycles. The number of hydrogen-bond donors (Lipinski definition) is 0. The van der Waals surface area contributed by atoms with E-state index in [0.29, 0.717) is 5.75 Å². The van der Waals surface area contributed by atoms with Crippen molar-refractivity contribution in [2.45, 2.75) is 18.9 Å². The van der Waals surface area contributed by atoms with Gasteiger partial charge in [-0.25, -0.2) is 4.39 Å². The molecule has 2 nitrogen and oxygen atoms in total. The maximum absolute atomic E-state index is 13.5. The van der Waals surface area contributed by atoms with Crippen LogP contribution in [0.4, 0.5) is 4.39 Å². The zero-order chi connectivity index (χ0) is 13.2. The van der Waals surface area contributed by atoms with E-state index in [4.69, 9.17) is 10.00 Å². The zero-order valence-electron chi connectivity index (χ0n) is 10.3. The van der Waals surface area contributed by atoms with Crippen LogP contribution in [-0.4, -0.2) is 0 Å². The Morgan fingerprint density at radius 1 is 1.21 bits per heavy atom. The highest BCUT2D eigenvalue weighted by Crippen LogP contribution is 2.34. The average Bonchev–Trinajstić information content (AvgIpc) is 2.83. The van der Waals surface area contributed by atoms with Crippen molar-refractivity contribution in [3.8, 4) is 11.8 Å². The third-order valence-electron chi connectivity index (χ3n) is 3.42. The second-order valence-electron chi connectivity index (χ2n) is 4.60. The maximum atomic E-state index is 13.5. The number of aryl methyl sites for hydroxylation is 1. The maximum Gasteiger partial charge on any atom is 0.144 e. The van der Waals surface area contributed by atoms with Gasteiger partial charge in [0.25, 0.3) is 0 Å². The number of rotatable bonds is 2. The van der Waals surface area contributed by atoms with Gasteiger partial charge in [0.15, 0.2) is 0 Å². The number of nitriles is 1. The van der Waals surface area contributed by atoms with E-state index in [0.717, 1.165) is 12.8 Å². The van der Waals surface area contributed by atoms with E-state index in [-0.39, 0.29) is 11.7 Å². The third-order valence-corrected chi connectivity index (χ3v) is 3.42. The van der Waals surface area contributed by atoms with Crippen LogP contribution in [0.2, 0.25) is 0 Å². The molecule has 0 saturated carbocycles. The lowest BCUT2D eigenvalue weighted by Crippen LogP contribution is -2.03. The monoisotopic (exact) mass is 253 g/mol. The van der Waals surface area contributed by atoms with Crippen molar-refractivity contribution in [2.24, 2.45) is 0 Å². The number of benzene rings is 2. The molecule has 0 fully saturated rings. The van der Waals surface area contributed by atoms with Crippen molar-refractivity contribution >= 4 is 0 Å². The molecular formula is C16H12FNO. The van der Waals surface area contributed by atoms with Gasteiger partial charge in [-0.05, 0) is 36.1 Å². The molecule has 2 aromatic rings. The topological polar surface area (TPSA) is 33.0 Å². The zero-order valence-corrected chi connectivity index (χ0v) is 10.3. The van der Waals surface area contributed by atoms with Gasteiger partial charge in [0.05, 0.1) is 5.56 Å². The Labute approximate surface area is 111 Å². The quantitative estimate of drug-likeness (QED) is 0.816. The van der Waals surface area contributed by atoms with E-state index in [1.165, 1.54) is 23.3 Å². The predicted molar refractivity (Wildman–Crippen MR) is 69.2 cm³/mol. The summed E-state index contributed by atoms with van der Waals surface area (Å²) in [5, 5.41) is 8.69. The molecule has 3 heteroatoms.